The zero-order chi connectivity index (χ0) is 20.2. The molecule has 0 aromatic heterocycles. The van der Waals surface area contributed by atoms with Gasteiger partial charge in [0.05, 0.1) is 32.3 Å². The zero-order valence-corrected chi connectivity index (χ0v) is 17.1. The van der Waals surface area contributed by atoms with Crippen molar-refractivity contribution in [3.63, 3.8) is 0 Å². The Morgan fingerprint density at radius 1 is 0.704 bits per heavy atom. The fourth-order valence-electron chi connectivity index (χ4n) is 2.18. The van der Waals surface area contributed by atoms with Gasteiger partial charge in [0, 0.05) is 0 Å². The summed E-state index contributed by atoms with van der Waals surface area (Å²) in [5.41, 5.74) is 8.66. The Balaban J connectivity index is 2.12. The van der Waals surface area contributed by atoms with E-state index < -0.39 is 30.7 Å². The number of sulfone groups is 2. The molecule has 0 radical (unpaired) electrons. The molecule has 148 valence electrons. The lowest BCUT2D eigenvalue weighted by atomic mass is 10.3. The van der Waals surface area contributed by atoms with Gasteiger partial charge in [0.2, 0.25) is 0 Å². The highest BCUT2D eigenvalue weighted by Crippen LogP contribution is 2.25. The lowest BCUT2D eigenvalue weighted by Gasteiger charge is -2.10. The van der Waals surface area contributed by atoms with Crippen LogP contribution in [0.4, 0.5) is 0 Å². The Kier molecular flexibility index (Phi) is 7.12. The third-order valence-electron chi connectivity index (χ3n) is 3.36. The number of hydrogen-bond donors (Lipinski definition) is 2. The minimum Gasteiger partial charge on any atom is -0.457 e. The summed E-state index contributed by atoms with van der Waals surface area (Å²) in [4.78, 5) is 0.148. The Bertz CT molecular complexity index is 893. The first kappa shape index (κ1) is 21.9. The van der Waals surface area contributed by atoms with Crippen molar-refractivity contribution >= 4 is 42.9 Å². The largest absolute Gasteiger partial charge is 0.457 e. The van der Waals surface area contributed by atoms with Crippen LogP contribution in [0.3, 0.4) is 0 Å². The molecule has 0 bridgehead atoms. The topological polar surface area (TPSA) is 130 Å². The highest BCUT2D eigenvalue weighted by atomic mass is 35.5. The standard InChI is InChI=1S/C16H18Cl2N2O5S2/c17-15(19)9-26(21,22)13-5-1-11(2-6-13)25-12-3-7-14(8-4-12)27(23,24)10-16(18)20/h1-8,15-16H,9-10,19-20H2. The maximum atomic E-state index is 12.0. The van der Waals surface area contributed by atoms with Crippen molar-refractivity contribution in [2.75, 3.05) is 11.5 Å². The van der Waals surface area contributed by atoms with Crippen molar-refractivity contribution in [2.24, 2.45) is 11.5 Å². The van der Waals surface area contributed by atoms with E-state index in [-0.39, 0.29) is 21.3 Å². The quantitative estimate of drug-likeness (QED) is 0.462. The van der Waals surface area contributed by atoms with Gasteiger partial charge in [-0.2, -0.15) is 0 Å². The molecule has 2 atom stereocenters. The summed E-state index contributed by atoms with van der Waals surface area (Å²) in [7, 11) is -7.16. The third kappa shape index (κ3) is 6.34. The van der Waals surface area contributed by atoms with E-state index in [9.17, 15) is 16.8 Å². The van der Waals surface area contributed by atoms with Gasteiger partial charge in [0.25, 0.3) is 0 Å². The summed E-state index contributed by atoms with van der Waals surface area (Å²) in [5, 5.41) is 0. The molecule has 2 rings (SSSR count). The molecule has 0 spiro atoms. The van der Waals surface area contributed by atoms with Crippen LogP contribution in [0.15, 0.2) is 58.3 Å². The molecule has 2 aromatic carbocycles. The number of nitrogens with two attached hydrogens (primary N) is 2. The van der Waals surface area contributed by atoms with Crippen molar-refractivity contribution in [1.82, 2.24) is 0 Å². The Morgan fingerprint density at radius 2 is 1.00 bits per heavy atom. The molecule has 0 aliphatic carbocycles. The molecule has 0 saturated heterocycles. The van der Waals surface area contributed by atoms with Gasteiger partial charge in [-0.15, -0.1) is 23.2 Å². The van der Waals surface area contributed by atoms with Gasteiger partial charge < -0.3 is 16.2 Å². The lowest BCUT2D eigenvalue weighted by Crippen LogP contribution is -2.23. The van der Waals surface area contributed by atoms with Crippen LogP contribution in [-0.4, -0.2) is 39.3 Å². The molecule has 0 saturated carbocycles. The van der Waals surface area contributed by atoms with E-state index in [1.54, 1.807) is 0 Å². The van der Waals surface area contributed by atoms with Crippen LogP contribution in [0, 0.1) is 0 Å². The number of alkyl halides is 2. The van der Waals surface area contributed by atoms with Crippen molar-refractivity contribution in [1.29, 1.82) is 0 Å². The fourth-order valence-corrected chi connectivity index (χ4v) is 5.50. The van der Waals surface area contributed by atoms with Crippen molar-refractivity contribution in [3.8, 4) is 11.5 Å². The molecule has 0 aliphatic heterocycles. The summed E-state index contributed by atoms with van der Waals surface area (Å²) < 4.78 is 53.7. The van der Waals surface area contributed by atoms with E-state index in [2.05, 4.69) is 0 Å². The van der Waals surface area contributed by atoms with E-state index in [1.807, 2.05) is 0 Å². The molecule has 0 fully saturated rings. The summed E-state index contributed by atoms with van der Waals surface area (Å²) in [6.07, 6.45) is 0. The number of hydrogen-bond acceptors (Lipinski definition) is 7. The Labute approximate surface area is 168 Å². The first-order valence-electron chi connectivity index (χ1n) is 7.62. The van der Waals surface area contributed by atoms with Crippen LogP contribution in [0.1, 0.15) is 0 Å². The molecule has 2 aromatic rings. The van der Waals surface area contributed by atoms with Crippen LogP contribution >= 0.6 is 23.2 Å². The van der Waals surface area contributed by atoms with Crippen LogP contribution in [-0.2, 0) is 19.7 Å². The summed E-state index contributed by atoms with van der Waals surface area (Å²) in [5.74, 6) is -0.00199. The highest BCUT2D eigenvalue weighted by Gasteiger charge is 2.19. The monoisotopic (exact) mass is 452 g/mol. The van der Waals surface area contributed by atoms with E-state index in [1.165, 1.54) is 48.5 Å². The summed E-state index contributed by atoms with van der Waals surface area (Å²) in [6, 6.07) is 11.4. The minimum atomic E-state index is -3.58. The molecule has 11 heteroatoms. The van der Waals surface area contributed by atoms with Crippen molar-refractivity contribution in [2.45, 2.75) is 20.8 Å². The first-order valence-corrected chi connectivity index (χ1v) is 11.8. The van der Waals surface area contributed by atoms with Gasteiger partial charge in [-0.25, -0.2) is 16.8 Å². The van der Waals surface area contributed by atoms with E-state index in [0.29, 0.717) is 11.5 Å². The molecule has 2 unspecified atom stereocenters. The second-order valence-electron chi connectivity index (χ2n) is 5.64. The molecule has 7 nitrogen and oxygen atoms in total. The van der Waals surface area contributed by atoms with E-state index in [0.717, 1.165) is 0 Å². The van der Waals surface area contributed by atoms with E-state index >= 15 is 0 Å². The molecule has 0 aliphatic rings. The van der Waals surface area contributed by atoms with Gasteiger partial charge in [-0.3, -0.25) is 0 Å². The number of ether oxygens (including phenoxy) is 1. The first-order chi connectivity index (χ1) is 12.5. The second-order valence-corrected chi connectivity index (χ2v) is 10.8. The van der Waals surface area contributed by atoms with Gasteiger partial charge >= 0.3 is 0 Å². The van der Waals surface area contributed by atoms with Gasteiger partial charge in [-0.05, 0) is 48.5 Å². The van der Waals surface area contributed by atoms with Crippen molar-refractivity contribution < 1.29 is 21.6 Å². The maximum Gasteiger partial charge on any atom is 0.181 e. The Morgan fingerprint density at radius 3 is 1.26 bits per heavy atom. The predicted molar refractivity (Wildman–Crippen MR) is 105 cm³/mol. The van der Waals surface area contributed by atoms with Crippen LogP contribution < -0.4 is 16.2 Å². The predicted octanol–water partition coefficient (Wildman–Crippen LogP) is 2.07. The van der Waals surface area contributed by atoms with Crippen molar-refractivity contribution in [3.05, 3.63) is 48.5 Å². The van der Waals surface area contributed by atoms with Gasteiger partial charge in [0.15, 0.2) is 19.7 Å². The van der Waals surface area contributed by atoms with Crippen LogP contribution in [0.2, 0.25) is 0 Å². The maximum absolute atomic E-state index is 12.0. The average Bonchev–Trinajstić information content (AvgIpc) is 2.53. The number of rotatable bonds is 8. The zero-order valence-electron chi connectivity index (χ0n) is 14.0. The molecule has 0 heterocycles. The third-order valence-corrected chi connectivity index (χ3v) is 7.61. The van der Waals surface area contributed by atoms with Crippen LogP contribution in [0.25, 0.3) is 0 Å². The normalized spacial score (nSPS) is 14.5. The highest BCUT2D eigenvalue weighted by molar-refractivity contribution is 7.91. The number of benzene rings is 2. The molecule has 27 heavy (non-hydrogen) atoms. The number of halogens is 2. The SMILES string of the molecule is NC(Cl)CS(=O)(=O)c1ccc(Oc2ccc(S(=O)(=O)CC(N)Cl)cc2)cc1. The Hall–Kier alpha value is -1.36. The van der Waals surface area contributed by atoms with Gasteiger partial charge in [0.1, 0.15) is 11.5 Å². The molecular formula is C16H18Cl2N2O5S2. The summed E-state index contributed by atoms with van der Waals surface area (Å²) in [6.45, 7) is 0. The van der Waals surface area contributed by atoms with Gasteiger partial charge in [-0.1, -0.05) is 0 Å². The second kappa shape index (κ2) is 8.76. The minimum absolute atomic E-state index is 0.0739. The van der Waals surface area contributed by atoms with Crippen LogP contribution in [0.5, 0.6) is 11.5 Å². The van der Waals surface area contributed by atoms with E-state index in [4.69, 9.17) is 39.4 Å². The average molecular weight is 453 g/mol. The lowest BCUT2D eigenvalue weighted by molar-refractivity contribution is 0.481. The smallest absolute Gasteiger partial charge is 0.181 e. The summed E-state index contributed by atoms with van der Waals surface area (Å²) >= 11 is 11.1. The fraction of sp³-hybridized carbons (Fsp3) is 0.250. The molecule has 0 amide bonds. The molecule has 4 N–H and O–H groups in total. The molecular weight excluding hydrogens is 435 g/mol.